The third-order valence-corrected chi connectivity index (χ3v) is 9.34. The lowest BCUT2D eigenvalue weighted by molar-refractivity contribution is -0.204. The standard InChI is InChI=1S/C24H29FO6/c1-5-19(27)31-23(20(28)29)12(2)8-14-15-10-17(25)16-9-13(26)6-7-21(16,3)24(15)18(30-24)11-22(14,23)4/h6-7,9,12,14-15,17-18H,5,8,10-11H2,1-4H3,(H,28,29)/t12-,14?,15?,17+,18+,21?,22?,23+,24-/m1/s1. The van der Waals surface area contributed by atoms with E-state index in [0.29, 0.717) is 18.4 Å². The maximum absolute atomic E-state index is 15.5. The largest absolute Gasteiger partial charge is 0.478 e. The molecular formula is C24H29FO6. The zero-order valence-electron chi connectivity index (χ0n) is 18.3. The van der Waals surface area contributed by atoms with Crippen LogP contribution in [0.25, 0.3) is 0 Å². The number of carbonyl (C=O) groups is 3. The lowest BCUT2D eigenvalue weighted by Crippen LogP contribution is -2.64. The highest BCUT2D eigenvalue weighted by Gasteiger charge is 2.84. The number of epoxide rings is 1. The molecule has 0 aromatic carbocycles. The van der Waals surface area contributed by atoms with E-state index in [9.17, 15) is 19.5 Å². The molecule has 1 heterocycles. The molecule has 168 valence electrons. The molecule has 1 spiro atoms. The van der Waals surface area contributed by atoms with E-state index in [0.717, 1.165) is 0 Å². The normalized spacial score (nSPS) is 51.7. The van der Waals surface area contributed by atoms with Crippen molar-refractivity contribution in [3.8, 4) is 0 Å². The van der Waals surface area contributed by atoms with Crippen LogP contribution in [0.15, 0.2) is 23.8 Å². The van der Waals surface area contributed by atoms with Gasteiger partial charge in [0.25, 0.3) is 0 Å². The number of carboxylic acids is 1. The highest BCUT2D eigenvalue weighted by molar-refractivity contribution is 6.01. The van der Waals surface area contributed by atoms with Gasteiger partial charge in [-0.1, -0.05) is 26.8 Å². The van der Waals surface area contributed by atoms with Crippen LogP contribution in [0.5, 0.6) is 0 Å². The average molecular weight is 432 g/mol. The summed E-state index contributed by atoms with van der Waals surface area (Å²) in [7, 11) is 0. The lowest BCUT2D eigenvalue weighted by atomic mass is 9.46. The molecular weight excluding hydrogens is 403 g/mol. The van der Waals surface area contributed by atoms with Gasteiger partial charge < -0.3 is 14.6 Å². The summed E-state index contributed by atoms with van der Waals surface area (Å²) in [5, 5.41) is 10.3. The minimum atomic E-state index is -1.66. The number of carbonyl (C=O) groups excluding carboxylic acids is 2. The Morgan fingerprint density at radius 2 is 2.00 bits per heavy atom. The molecule has 4 aliphatic carbocycles. The third-order valence-electron chi connectivity index (χ3n) is 9.34. The maximum atomic E-state index is 15.5. The van der Waals surface area contributed by atoms with Crippen molar-refractivity contribution in [2.45, 2.75) is 76.9 Å². The summed E-state index contributed by atoms with van der Waals surface area (Å²) in [6, 6.07) is 0. The van der Waals surface area contributed by atoms with Crippen LogP contribution in [0.3, 0.4) is 0 Å². The number of hydrogen-bond donors (Lipinski definition) is 1. The summed E-state index contributed by atoms with van der Waals surface area (Å²) in [4.78, 5) is 36.9. The van der Waals surface area contributed by atoms with Gasteiger partial charge in [0, 0.05) is 23.2 Å². The van der Waals surface area contributed by atoms with Gasteiger partial charge in [-0.05, 0) is 55.7 Å². The van der Waals surface area contributed by atoms with E-state index < -0.39 is 46.1 Å². The summed E-state index contributed by atoms with van der Waals surface area (Å²) in [5.41, 5.74) is -3.46. The first-order chi connectivity index (χ1) is 14.5. The molecule has 1 saturated heterocycles. The molecule has 0 radical (unpaired) electrons. The molecule has 9 atom stereocenters. The smallest absolute Gasteiger partial charge is 0.349 e. The van der Waals surface area contributed by atoms with Crippen molar-refractivity contribution in [2.75, 3.05) is 0 Å². The number of carboxylic acid groups (broad SMARTS) is 1. The van der Waals surface area contributed by atoms with Gasteiger partial charge in [-0.2, -0.15) is 0 Å². The van der Waals surface area contributed by atoms with Crippen molar-refractivity contribution < 1.29 is 33.4 Å². The molecule has 5 rings (SSSR count). The van der Waals surface area contributed by atoms with Crippen molar-refractivity contribution in [3.63, 3.8) is 0 Å². The highest BCUT2D eigenvalue weighted by atomic mass is 19.1. The Hall–Kier alpha value is -2.02. The van der Waals surface area contributed by atoms with Crippen LogP contribution in [-0.4, -0.2) is 46.3 Å². The van der Waals surface area contributed by atoms with Crippen LogP contribution in [0, 0.1) is 28.6 Å². The highest BCUT2D eigenvalue weighted by Crippen LogP contribution is 2.77. The number of alkyl halides is 1. The van der Waals surface area contributed by atoms with Gasteiger partial charge in [-0.3, -0.25) is 9.59 Å². The maximum Gasteiger partial charge on any atom is 0.349 e. The predicted octanol–water partition coefficient (Wildman–Crippen LogP) is 3.40. The molecule has 0 aromatic rings. The van der Waals surface area contributed by atoms with E-state index in [1.165, 1.54) is 12.2 Å². The van der Waals surface area contributed by atoms with Crippen LogP contribution < -0.4 is 0 Å². The number of ketones is 1. The van der Waals surface area contributed by atoms with Crippen LogP contribution in [0.2, 0.25) is 0 Å². The summed E-state index contributed by atoms with van der Waals surface area (Å²) in [6.07, 6.45) is 4.32. The summed E-state index contributed by atoms with van der Waals surface area (Å²) < 4.78 is 27.6. The second-order valence-electron chi connectivity index (χ2n) is 10.5. The predicted molar refractivity (Wildman–Crippen MR) is 108 cm³/mol. The van der Waals surface area contributed by atoms with E-state index in [4.69, 9.17) is 9.47 Å². The summed E-state index contributed by atoms with van der Waals surface area (Å²) in [6.45, 7) is 7.28. The van der Waals surface area contributed by atoms with Gasteiger partial charge in [0.15, 0.2) is 5.78 Å². The summed E-state index contributed by atoms with van der Waals surface area (Å²) >= 11 is 0. The van der Waals surface area contributed by atoms with E-state index >= 15 is 4.39 Å². The van der Waals surface area contributed by atoms with E-state index in [-0.39, 0.29) is 36.6 Å². The number of halogens is 1. The first-order valence-corrected chi connectivity index (χ1v) is 11.2. The van der Waals surface area contributed by atoms with Gasteiger partial charge >= 0.3 is 11.9 Å². The molecule has 0 aromatic heterocycles. The van der Waals surface area contributed by atoms with Gasteiger partial charge in [0.2, 0.25) is 5.60 Å². The molecule has 31 heavy (non-hydrogen) atoms. The van der Waals surface area contributed by atoms with Gasteiger partial charge in [-0.15, -0.1) is 0 Å². The van der Waals surface area contributed by atoms with Crippen LogP contribution in [0.4, 0.5) is 4.39 Å². The second kappa shape index (κ2) is 6.06. The van der Waals surface area contributed by atoms with Crippen molar-refractivity contribution in [3.05, 3.63) is 23.8 Å². The van der Waals surface area contributed by atoms with Gasteiger partial charge in [0.1, 0.15) is 11.8 Å². The fourth-order valence-corrected chi connectivity index (χ4v) is 7.93. The number of aliphatic carboxylic acids is 1. The Labute approximate surface area is 180 Å². The molecule has 7 heteroatoms. The Morgan fingerprint density at radius 3 is 2.65 bits per heavy atom. The Morgan fingerprint density at radius 1 is 1.29 bits per heavy atom. The number of fused-ring (bicyclic) bond motifs is 3. The number of esters is 1. The molecule has 1 N–H and O–H groups in total. The lowest BCUT2D eigenvalue weighted by Gasteiger charge is -2.56. The molecule has 6 nitrogen and oxygen atoms in total. The van der Waals surface area contributed by atoms with Gasteiger partial charge in [-0.25, -0.2) is 9.18 Å². The summed E-state index contributed by atoms with van der Waals surface area (Å²) in [5.74, 6) is -2.70. The van der Waals surface area contributed by atoms with Crippen molar-refractivity contribution >= 4 is 17.7 Å². The van der Waals surface area contributed by atoms with Gasteiger partial charge in [0.05, 0.1) is 6.10 Å². The Balaban J connectivity index is 1.62. The van der Waals surface area contributed by atoms with Crippen LogP contribution in [0.1, 0.15) is 53.4 Å². The Kier molecular flexibility index (Phi) is 4.08. The molecule has 0 amide bonds. The number of allylic oxidation sites excluding steroid dienone is 2. The monoisotopic (exact) mass is 432 g/mol. The topological polar surface area (TPSA) is 93.2 Å². The average Bonchev–Trinajstić information content (AvgIpc) is 3.38. The number of rotatable bonds is 3. The van der Waals surface area contributed by atoms with E-state index in [1.807, 2.05) is 20.8 Å². The first-order valence-electron chi connectivity index (χ1n) is 11.2. The second-order valence-corrected chi connectivity index (χ2v) is 10.5. The number of ether oxygens (including phenoxy) is 2. The molecule has 3 saturated carbocycles. The minimum Gasteiger partial charge on any atom is -0.478 e. The third kappa shape index (κ3) is 2.18. The Bertz CT molecular complexity index is 956. The van der Waals surface area contributed by atoms with E-state index in [2.05, 4.69) is 0 Å². The molecule has 0 bridgehead atoms. The van der Waals surface area contributed by atoms with Crippen molar-refractivity contribution in [1.29, 1.82) is 0 Å². The zero-order valence-corrected chi connectivity index (χ0v) is 18.3. The van der Waals surface area contributed by atoms with Crippen molar-refractivity contribution in [1.82, 2.24) is 0 Å². The molecule has 5 aliphatic rings. The molecule has 4 fully saturated rings. The van der Waals surface area contributed by atoms with Crippen LogP contribution >= 0.6 is 0 Å². The molecule has 1 aliphatic heterocycles. The SMILES string of the molecule is CCC(=O)O[C@]1(C(=O)O)[C@H](C)CC2C3C[C@H](F)C4=CC(=O)C=CC4(C)[C@@]34O[C@H]4CC21C. The number of hydrogen-bond acceptors (Lipinski definition) is 5. The quantitative estimate of drug-likeness (QED) is 0.543. The molecule has 4 unspecified atom stereocenters. The fraction of sp³-hybridized carbons (Fsp3) is 0.708. The minimum absolute atomic E-state index is 0.0907. The van der Waals surface area contributed by atoms with Crippen molar-refractivity contribution in [2.24, 2.45) is 28.6 Å². The van der Waals surface area contributed by atoms with E-state index in [1.54, 1.807) is 13.0 Å². The fourth-order valence-electron chi connectivity index (χ4n) is 7.93. The zero-order chi connectivity index (χ0) is 22.6. The first kappa shape index (κ1) is 20.9. The van der Waals surface area contributed by atoms with Crippen LogP contribution in [-0.2, 0) is 23.9 Å².